The molecule has 2 spiro atoms. The molecule has 8 aromatic rings. The Morgan fingerprint density at radius 1 is 0.639 bits per heavy atom. The molecule has 4 fully saturated rings. The Labute approximate surface area is 499 Å². The number of aromatic nitrogens is 4. The molecular weight excluding hydrogens is 1170 g/mol. The van der Waals surface area contributed by atoms with Gasteiger partial charge >= 0.3 is 19.1 Å². The highest BCUT2D eigenvalue weighted by atomic mass is 79.9. The molecule has 4 aromatic carbocycles. The number of ketones is 2. The van der Waals surface area contributed by atoms with Crippen molar-refractivity contribution < 1.29 is 53.0 Å². The van der Waals surface area contributed by atoms with Gasteiger partial charge in [-0.25, -0.2) is 13.8 Å². The van der Waals surface area contributed by atoms with Crippen LogP contribution in [-0.2, 0) is 22.7 Å². The van der Waals surface area contributed by atoms with E-state index in [9.17, 15) is 28.0 Å². The van der Waals surface area contributed by atoms with E-state index in [1.807, 2.05) is 83.0 Å². The Bertz CT molecular complexity index is 3700. The minimum absolute atomic E-state index is 0. The Balaban J connectivity index is 0.000000180. The first-order valence-electron chi connectivity index (χ1n) is 26.8. The van der Waals surface area contributed by atoms with E-state index in [-0.39, 0.29) is 88.9 Å². The maximum atomic E-state index is 14.7. The molecule has 13 nitrogen and oxygen atoms in total. The summed E-state index contributed by atoms with van der Waals surface area (Å²) in [6.07, 6.45) is 14.2. The molecule has 4 aromatic heterocycles. The summed E-state index contributed by atoms with van der Waals surface area (Å²) in [6.45, 7) is 2.93. The van der Waals surface area contributed by atoms with Gasteiger partial charge in [0.05, 0.1) is 40.7 Å². The number of carbonyl (C=O) groups is 4. The summed E-state index contributed by atoms with van der Waals surface area (Å²) in [6, 6.07) is 28.7. The lowest BCUT2D eigenvalue weighted by atomic mass is 9.47. The standard InChI is InChI=1S/C31H28ClFN2O3.C25H23BrFNO3.C6H7BClNO3.2CH4/c1-18-26(32)11-22(16-34-18)21-4-2-19(3-5-21)17-35-9-8-24-27(33)7-6-25(29(24)35)28(36)10-20-12-31(13-20)14-23(15-31)30(37)38;26-18-3-1-15(2-4-18)14-28-8-7-19-21(27)6-5-20(23(19)28)22(29)9-16-10-25(11-16)12-17(13-25)24(30)31;1-12-6-5(8)2-4(3-9-6)7(10)11;;/h2-9,11,16,20,23H,10,12-15,17H2,1H3,(H,37,38);1-8,16-17H,9-14H2,(H,30,31);2-3,10-11H,1H3;2*1H4. The Hall–Kier alpha value is -6.76. The third kappa shape index (κ3) is 13.4. The van der Waals surface area contributed by atoms with Crippen molar-refractivity contribution >= 4 is 97.0 Å². The molecule has 0 aliphatic heterocycles. The van der Waals surface area contributed by atoms with Crippen LogP contribution in [0, 0.1) is 53.1 Å². The normalized spacial score (nSPS) is 20.8. The zero-order chi connectivity index (χ0) is 57.5. The first-order chi connectivity index (χ1) is 38.7. The number of methoxy groups -OCH3 is 1. The van der Waals surface area contributed by atoms with Crippen LogP contribution in [0.1, 0.15) is 117 Å². The van der Waals surface area contributed by atoms with Crippen LogP contribution in [0.25, 0.3) is 32.9 Å². The van der Waals surface area contributed by atoms with Crippen molar-refractivity contribution in [1.29, 1.82) is 0 Å². The van der Waals surface area contributed by atoms with E-state index in [1.54, 1.807) is 30.5 Å². The molecule has 12 rings (SSSR count). The van der Waals surface area contributed by atoms with E-state index < -0.39 is 19.1 Å². The number of halogens is 5. The van der Waals surface area contributed by atoms with Gasteiger partial charge in [-0.05, 0) is 158 Å². The quantitative estimate of drug-likeness (QED) is 0.0563. The van der Waals surface area contributed by atoms with Crippen molar-refractivity contribution in [2.45, 2.75) is 99.1 Å². The average Bonchev–Trinajstić information content (AvgIpc) is 2.47. The molecule has 83 heavy (non-hydrogen) atoms. The third-order valence-electron chi connectivity index (χ3n) is 16.8. The Kier molecular flexibility index (Phi) is 19.2. The number of ether oxygens (including phenoxy) is 1. The van der Waals surface area contributed by atoms with E-state index in [0.717, 1.165) is 83.8 Å². The molecule has 0 amide bonds. The summed E-state index contributed by atoms with van der Waals surface area (Å²) in [5, 5.41) is 37.5. The smallest absolute Gasteiger partial charge is 0.481 e. The lowest BCUT2D eigenvalue weighted by Crippen LogP contribution is -2.50. The third-order valence-corrected chi connectivity index (χ3v) is 18.0. The highest BCUT2D eigenvalue weighted by molar-refractivity contribution is 9.10. The monoisotopic (exact) mass is 1230 g/mol. The van der Waals surface area contributed by atoms with E-state index in [1.165, 1.54) is 31.5 Å². The number of carboxylic acid groups (broad SMARTS) is 2. The van der Waals surface area contributed by atoms with Crippen LogP contribution in [0.2, 0.25) is 10.0 Å². The minimum Gasteiger partial charge on any atom is -0.481 e. The molecule has 0 bridgehead atoms. The molecule has 4 N–H and O–H groups in total. The number of nitrogens with zero attached hydrogens (tertiary/aromatic N) is 4. The molecular formula is C64H66BBrCl2F2N4O9. The van der Waals surface area contributed by atoms with Crippen LogP contribution in [0.15, 0.2) is 126 Å². The van der Waals surface area contributed by atoms with Crippen LogP contribution in [0.5, 0.6) is 5.88 Å². The summed E-state index contributed by atoms with van der Waals surface area (Å²) in [5.74, 6) is -1.65. The summed E-state index contributed by atoms with van der Waals surface area (Å²) in [7, 11) is -0.121. The highest BCUT2D eigenvalue weighted by Gasteiger charge is 2.56. The number of carboxylic acids is 2. The summed E-state index contributed by atoms with van der Waals surface area (Å²) in [5.41, 5.74) is 7.71. The summed E-state index contributed by atoms with van der Waals surface area (Å²) < 4.78 is 38.8. The second-order valence-corrected chi connectivity index (χ2v) is 24.3. The van der Waals surface area contributed by atoms with E-state index in [0.29, 0.717) is 63.9 Å². The van der Waals surface area contributed by atoms with Crippen LogP contribution >= 0.6 is 39.1 Å². The average molecular weight is 1230 g/mol. The summed E-state index contributed by atoms with van der Waals surface area (Å²) >= 11 is 15.3. The zero-order valence-corrected chi connectivity index (χ0v) is 47.5. The molecule has 0 unspecified atom stereocenters. The Morgan fingerprint density at radius 2 is 1.10 bits per heavy atom. The van der Waals surface area contributed by atoms with Crippen molar-refractivity contribution in [2.75, 3.05) is 7.11 Å². The van der Waals surface area contributed by atoms with Crippen molar-refractivity contribution in [3.8, 4) is 17.0 Å². The fourth-order valence-corrected chi connectivity index (χ4v) is 13.5. The number of aryl methyl sites for hydroxylation is 1. The van der Waals surface area contributed by atoms with Crippen LogP contribution in [0.4, 0.5) is 8.78 Å². The topological polar surface area (TPSA) is 194 Å². The van der Waals surface area contributed by atoms with Crippen molar-refractivity contribution in [2.24, 2.45) is 34.5 Å². The van der Waals surface area contributed by atoms with Crippen LogP contribution in [0.3, 0.4) is 0 Å². The number of fused-ring (bicyclic) bond motifs is 2. The van der Waals surface area contributed by atoms with Gasteiger partial charge in [-0.3, -0.25) is 24.2 Å². The van der Waals surface area contributed by atoms with Gasteiger partial charge in [0.15, 0.2) is 11.6 Å². The number of benzene rings is 4. The number of hydrogen-bond acceptors (Lipinski definition) is 9. The molecule has 4 heterocycles. The second kappa shape index (κ2) is 25.6. The predicted octanol–water partition coefficient (Wildman–Crippen LogP) is 14.1. The van der Waals surface area contributed by atoms with Gasteiger partial charge in [-0.1, -0.05) is 90.4 Å². The first-order valence-corrected chi connectivity index (χ1v) is 28.3. The SMILES string of the molecule is C.C.COc1ncc(B(O)O)cc1Cl.Cc1ncc(-c2ccc(Cn3ccc4c(F)ccc(C(=O)CC5CC6(C5)CC(C(=O)O)C6)c43)cc2)cc1Cl.O=C(CC1CC2(C1)CC(C(=O)O)C2)c1ccc(F)c2ccn(Cc3ccc(Br)cc3)c12. The first kappa shape index (κ1) is 62.3. The van der Waals surface area contributed by atoms with Gasteiger partial charge in [0.2, 0.25) is 5.88 Å². The molecule has 0 atom stereocenters. The lowest BCUT2D eigenvalue weighted by molar-refractivity contribution is -0.158. The molecule has 434 valence electrons. The molecule has 4 aliphatic carbocycles. The minimum atomic E-state index is -1.55. The van der Waals surface area contributed by atoms with E-state index in [2.05, 4.69) is 25.9 Å². The van der Waals surface area contributed by atoms with E-state index in [4.69, 9.17) is 48.2 Å². The molecule has 0 radical (unpaired) electrons. The molecule has 0 saturated heterocycles. The fourth-order valence-electron chi connectivity index (χ4n) is 12.8. The molecule has 19 heteroatoms. The number of hydrogen-bond donors (Lipinski definition) is 4. The van der Waals surface area contributed by atoms with Crippen molar-refractivity contribution in [1.82, 2.24) is 19.1 Å². The maximum Gasteiger partial charge on any atom is 0.490 e. The molecule has 4 saturated carbocycles. The van der Waals surface area contributed by atoms with Gasteiger partial charge < -0.3 is 34.1 Å². The largest absolute Gasteiger partial charge is 0.490 e. The number of pyridine rings is 2. The van der Waals surface area contributed by atoms with Gasteiger partial charge in [0.1, 0.15) is 16.7 Å². The number of Topliss-reactive ketones (excluding diaryl/α,β-unsaturated/α-hetero) is 2. The molecule has 4 aliphatic rings. The lowest BCUT2D eigenvalue weighted by Gasteiger charge is -2.56. The van der Waals surface area contributed by atoms with E-state index >= 15 is 0 Å². The highest BCUT2D eigenvalue weighted by Crippen LogP contribution is 2.63. The summed E-state index contributed by atoms with van der Waals surface area (Å²) in [4.78, 5) is 56.9. The number of carbonyl (C=O) groups excluding carboxylic acids is 2. The van der Waals surface area contributed by atoms with Gasteiger partial charge in [0.25, 0.3) is 0 Å². The maximum absolute atomic E-state index is 14.7. The fraction of sp³-hybridized carbons (Fsp3) is 0.344. The second-order valence-electron chi connectivity index (χ2n) is 22.5. The van der Waals surface area contributed by atoms with Gasteiger partial charge in [0, 0.05) is 88.1 Å². The van der Waals surface area contributed by atoms with Gasteiger partial charge in [-0.2, -0.15) is 0 Å². The van der Waals surface area contributed by atoms with Crippen molar-refractivity contribution in [3.63, 3.8) is 0 Å². The van der Waals surface area contributed by atoms with Crippen molar-refractivity contribution in [3.05, 3.63) is 176 Å². The predicted molar refractivity (Wildman–Crippen MR) is 324 cm³/mol. The van der Waals surface area contributed by atoms with Crippen LogP contribution in [-0.4, -0.2) is 77.1 Å². The number of aliphatic carboxylic acids is 2. The number of rotatable bonds is 15. The Morgan fingerprint density at radius 3 is 1.51 bits per heavy atom. The zero-order valence-electron chi connectivity index (χ0n) is 44.4. The van der Waals surface area contributed by atoms with Gasteiger partial charge in [-0.15, -0.1) is 0 Å². The van der Waals surface area contributed by atoms with Crippen LogP contribution < -0.4 is 10.2 Å².